The third-order valence-electron chi connectivity index (χ3n) is 4.43. The lowest BCUT2D eigenvalue weighted by Crippen LogP contribution is -2.38. The van der Waals surface area contributed by atoms with Gasteiger partial charge in [0.05, 0.1) is 25.9 Å². The SMILES string of the molecule is Cc1nc(/C=C/C(=O)N2CCCC(c3nc4ccccc4s3)C2)cs1. The van der Waals surface area contributed by atoms with Crippen molar-refractivity contribution in [1.82, 2.24) is 14.9 Å². The van der Waals surface area contributed by atoms with Crippen LogP contribution in [0.3, 0.4) is 0 Å². The molecular formula is C19H19N3OS2. The normalized spacial score (nSPS) is 18.3. The molecule has 3 aromatic rings. The fraction of sp³-hybridized carbons (Fsp3) is 0.316. The molecule has 1 unspecified atom stereocenters. The number of hydrogen-bond acceptors (Lipinski definition) is 5. The maximum absolute atomic E-state index is 12.5. The zero-order valence-corrected chi connectivity index (χ0v) is 15.6. The van der Waals surface area contributed by atoms with Gasteiger partial charge in [0.2, 0.25) is 5.91 Å². The molecule has 1 saturated heterocycles. The van der Waals surface area contributed by atoms with Gasteiger partial charge >= 0.3 is 0 Å². The highest BCUT2D eigenvalue weighted by atomic mass is 32.1. The number of amides is 1. The van der Waals surface area contributed by atoms with Gasteiger partial charge < -0.3 is 4.90 Å². The Morgan fingerprint density at radius 3 is 3.00 bits per heavy atom. The van der Waals surface area contributed by atoms with E-state index in [1.54, 1.807) is 28.7 Å². The molecule has 1 amide bonds. The lowest BCUT2D eigenvalue weighted by molar-refractivity contribution is -0.127. The maximum Gasteiger partial charge on any atom is 0.246 e. The predicted molar refractivity (Wildman–Crippen MR) is 104 cm³/mol. The van der Waals surface area contributed by atoms with E-state index in [1.165, 1.54) is 4.70 Å². The summed E-state index contributed by atoms with van der Waals surface area (Å²) >= 11 is 3.35. The van der Waals surface area contributed by atoms with Crippen LogP contribution in [0.15, 0.2) is 35.7 Å². The fourth-order valence-corrected chi connectivity index (χ4v) is 4.84. The van der Waals surface area contributed by atoms with Gasteiger partial charge in [0, 0.05) is 30.5 Å². The largest absolute Gasteiger partial charge is 0.338 e. The first-order valence-corrected chi connectivity index (χ1v) is 10.1. The van der Waals surface area contributed by atoms with Gasteiger partial charge in [-0.15, -0.1) is 22.7 Å². The number of thiazole rings is 2. The number of nitrogens with zero attached hydrogens (tertiary/aromatic N) is 3. The van der Waals surface area contributed by atoms with Crippen LogP contribution in [0.2, 0.25) is 0 Å². The van der Waals surface area contributed by atoms with Crippen LogP contribution < -0.4 is 0 Å². The van der Waals surface area contributed by atoms with Crippen LogP contribution >= 0.6 is 22.7 Å². The minimum atomic E-state index is 0.0662. The van der Waals surface area contributed by atoms with E-state index in [1.807, 2.05) is 35.4 Å². The van der Waals surface area contributed by atoms with E-state index in [9.17, 15) is 4.79 Å². The Labute approximate surface area is 154 Å². The van der Waals surface area contributed by atoms with Gasteiger partial charge in [-0.1, -0.05) is 12.1 Å². The summed E-state index contributed by atoms with van der Waals surface area (Å²) in [5, 5.41) is 4.14. The Balaban J connectivity index is 1.46. The van der Waals surface area contributed by atoms with E-state index in [4.69, 9.17) is 4.98 Å². The van der Waals surface area contributed by atoms with Crippen molar-refractivity contribution in [2.45, 2.75) is 25.7 Å². The van der Waals surface area contributed by atoms with Crippen molar-refractivity contribution in [3.8, 4) is 0 Å². The third kappa shape index (κ3) is 3.65. The first-order chi connectivity index (χ1) is 12.2. The summed E-state index contributed by atoms with van der Waals surface area (Å²) in [6, 6.07) is 8.24. The van der Waals surface area contributed by atoms with Crippen molar-refractivity contribution in [2.75, 3.05) is 13.1 Å². The molecule has 128 valence electrons. The molecule has 1 fully saturated rings. The zero-order valence-electron chi connectivity index (χ0n) is 14.0. The minimum Gasteiger partial charge on any atom is -0.338 e. The summed E-state index contributed by atoms with van der Waals surface area (Å²) in [7, 11) is 0. The number of aryl methyl sites for hydroxylation is 1. The van der Waals surface area contributed by atoms with Gasteiger partial charge in [0.1, 0.15) is 0 Å². The van der Waals surface area contributed by atoms with Crippen molar-refractivity contribution < 1.29 is 4.79 Å². The van der Waals surface area contributed by atoms with Crippen molar-refractivity contribution >= 4 is 44.9 Å². The highest BCUT2D eigenvalue weighted by molar-refractivity contribution is 7.18. The summed E-state index contributed by atoms with van der Waals surface area (Å²) in [4.78, 5) is 23.6. The van der Waals surface area contributed by atoms with E-state index in [0.717, 1.165) is 47.2 Å². The summed E-state index contributed by atoms with van der Waals surface area (Å²) in [6.07, 6.45) is 5.58. The van der Waals surface area contributed by atoms with Crippen LogP contribution in [0.1, 0.15) is 34.5 Å². The second-order valence-electron chi connectivity index (χ2n) is 6.27. The molecule has 6 heteroatoms. The molecule has 4 nitrogen and oxygen atoms in total. The molecule has 1 aliphatic rings. The second-order valence-corrected chi connectivity index (χ2v) is 8.39. The second kappa shape index (κ2) is 7.06. The summed E-state index contributed by atoms with van der Waals surface area (Å²) in [5.41, 5.74) is 1.92. The Hall–Kier alpha value is -2.05. The molecule has 3 heterocycles. The van der Waals surface area contributed by atoms with Crippen LogP contribution in [0, 0.1) is 6.92 Å². The lowest BCUT2D eigenvalue weighted by atomic mass is 9.98. The molecule has 0 aliphatic carbocycles. The molecule has 2 aromatic heterocycles. The average molecular weight is 370 g/mol. The third-order valence-corrected chi connectivity index (χ3v) is 6.42. The van der Waals surface area contributed by atoms with E-state index >= 15 is 0 Å². The average Bonchev–Trinajstić information content (AvgIpc) is 3.25. The van der Waals surface area contributed by atoms with E-state index in [-0.39, 0.29) is 5.91 Å². The first-order valence-electron chi connectivity index (χ1n) is 8.43. The lowest BCUT2D eigenvalue weighted by Gasteiger charge is -2.31. The number of hydrogen-bond donors (Lipinski definition) is 0. The van der Waals surface area contributed by atoms with Gasteiger partial charge in [0.15, 0.2) is 0 Å². The molecule has 0 radical (unpaired) electrons. The van der Waals surface area contributed by atoms with Crippen LogP contribution in [0.25, 0.3) is 16.3 Å². The molecule has 0 N–H and O–H groups in total. The molecular weight excluding hydrogens is 350 g/mol. The molecule has 1 aromatic carbocycles. The van der Waals surface area contributed by atoms with E-state index in [0.29, 0.717) is 5.92 Å². The maximum atomic E-state index is 12.5. The van der Waals surface area contributed by atoms with Gasteiger partial charge in [0.25, 0.3) is 0 Å². The van der Waals surface area contributed by atoms with Crippen LogP contribution in [-0.2, 0) is 4.79 Å². The molecule has 1 aliphatic heterocycles. The van der Waals surface area contributed by atoms with E-state index < -0.39 is 0 Å². The van der Waals surface area contributed by atoms with Crippen LogP contribution in [-0.4, -0.2) is 33.9 Å². The highest BCUT2D eigenvalue weighted by Gasteiger charge is 2.26. The van der Waals surface area contributed by atoms with Crippen LogP contribution in [0.5, 0.6) is 0 Å². The predicted octanol–water partition coefficient (Wildman–Crippen LogP) is 4.48. The number of fused-ring (bicyclic) bond motifs is 1. The Morgan fingerprint density at radius 1 is 1.32 bits per heavy atom. The number of likely N-dealkylation sites (tertiary alicyclic amines) is 1. The molecule has 1 atom stereocenters. The van der Waals surface area contributed by atoms with Crippen LogP contribution in [0.4, 0.5) is 0 Å². The molecule has 0 saturated carbocycles. The van der Waals surface area contributed by atoms with Crippen molar-refractivity contribution in [3.05, 3.63) is 51.4 Å². The van der Waals surface area contributed by atoms with Gasteiger partial charge in [-0.2, -0.15) is 0 Å². The summed E-state index contributed by atoms with van der Waals surface area (Å²) < 4.78 is 1.22. The first kappa shape index (κ1) is 16.4. The number of carbonyl (C=O) groups is 1. The number of aromatic nitrogens is 2. The highest BCUT2D eigenvalue weighted by Crippen LogP contribution is 2.33. The number of rotatable bonds is 3. The van der Waals surface area contributed by atoms with Gasteiger partial charge in [-0.3, -0.25) is 4.79 Å². The molecule has 0 bridgehead atoms. The number of carbonyl (C=O) groups excluding carboxylic acids is 1. The zero-order chi connectivity index (χ0) is 17.2. The molecule has 0 spiro atoms. The number of para-hydroxylation sites is 1. The van der Waals surface area contributed by atoms with Crippen molar-refractivity contribution in [2.24, 2.45) is 0 Å². The Morgan fingerprint density at radius 2 is 2.20 bits per heavy atom. The van der Waals surface area contributed by atoms with Gasteiger partial charge in [-0.05, 0) is 38.0 Å². The minimum absolute atomic E-state index is 0.0662. The Bertz CT molecular complexity index is 895. The Kier molecular flexibility index (Phi) is 4.63. The van der Waals surface area contributed by atoms with Crippen molar-refractivity contribution in [1.29, 1.82) is 0 Å². The molecule has 4 rings (SSSR count). The van der Waals surface area contributed by atoms with Gasteiger partial charge in [-0.25, -0.2) is 9.97 Å². The topological polar surface area (TPSA) is 46.1 Å². The molecule has 25 heavy (non-hydrogen) atoms. The smallest absolute Gasteiger partial charge is 0.246 e. The quantitative estimate of drug-likeness (QED) is 0.640. The number of benzene rings is 1. The standard InChI is InChI=1S/C19H19N3OS2/c1-13-20-15(12-24-13)8-9-18(23)22-10-4-5-14(11-22)19-21-16-6-2-3-7-17(16)25-19/h2-3,6-9,12,14H,4-5,10-11H2,1H3/b9-8+. The van der Waals surface area contributed by atoms with Crippen molar-refractivity contribution in [3.63, 3.8) is 0 Å². The summed E-state index contributed by atoms with van der Waals surface area (Å²) in [6.45, 7) is 3.54. The number of piperidine rings is 1. The summed E-state index contributed by atoms with van der Waals surface area (Å²) in [5.74, 6) is 0.404. The fourth-order valence-electron chi connectivity index (χ4n) is 3.16. The monoisotopic (exact) mass is 369 g/mol. The van der Waals surface area contributed by atoms with E-state index in [2.05, 4.69) is 17.1 Å².